The van der Waals surface area contributed by atoms with E-state index >= 15 is 0 Å². The predicted molar refractivity (Wildman–Crippen MR) is 186 cm³/mol. The van der Waals surface area contributed by atoms with Crippen molar-refractivity contribution in [1.29, 1.82) is 0 Å². The summed E-state index contributed by atoms with van der Waals surface area (Å²) < 4.78 is 6.25. The van der Waals surface area contributed by atoms with Crippen LogP contribution in [0.15, 0.2) is 64.9 Å². The van der Waals surface area contributed by atoms with Gasteiger partial charge in [0.15, 0.2) is 5.78 Å². The van der Waals surface area contributed by atoms with Gasteiger partial charge in [-0.25, -0.2) is 4.98 Å². The van der Waals surface area contributed by atoms with Crippen LogP contribution < -0.4 is 0 Å². The number of hydrogen-bond acceptors (Lipinski definition) is 5. The quantitative estimate of drug-likeness (QED) is 0.0913. The van der Waals surface area contributed by atoms with Crippen molar-refractivity contribution < 1.29 is 34.4 Å². The van der Waals surface area contributed by atoms with Gasteiger partial charge in [-0.3, -0.25) is 4.79 Å². The number of aliphatic hydroxyl groups is 1. The first-order valence-electron chi connectivity index (χ1n) is 16.8. The third kappa shape index (κ3) is 7.61. The maximum Gasteiger partial charge on any atom is 0.216 e. The van der Waals surface area contributed by atoms with Crippen molar-refractivity contribution in [3.05, 3.63) is 83.4 Å². The van der Waals surface area contributed by atoms with Crippen LogP contribution in [-0.4, -0.2) is 20.9 Å². The summed E-state index contributed by atoms with van der Waals surface area (Å²) in [5.74, 6) is 1.25. The molecule has 5 aromatic rings. The molecule has 0 saturated heterocycles. The number of rotatable bonds is 9. The van der Waals surface area contributed by atoms with E-state index in [1.807, 2.05) is 46.9 Å². The van der Waals surface area contributed by atoms with E-state index < -0.39 is 0 Å². The molecule has 46 heavy (non-hydrogen) atoms. The van der Waals surface area contributed by atoms with E-state index in [2.05, 4.69) is 54.4 Å². The SMILES string of the molecule is CCC(CC)C(=O)/C=C(\O)C(CC)CC.Cc1[c-]c(-c2nccc3cc(C4CCCC4)ccc23)c2oc3nc(C)ccc3c2c1.[Ir]. The van der Waals surface area contributed by atoms with Gasteiger partial charge in [-0.15, -0.1) is 17.7 Å². The Morgan fingerprint density at radius 2 is 1.61 bits per heavy atom. The third-order valence-corrected chi connectivity index (χ3v) is 9.58. The van der Waals surface area contributed by atoms with Gasteiger partial charge in [0.05, 0.1) is 11.3 Å². The smallest absolute Gasteiger partial charge is 0.216 e. The minimum atomic E-state index is 0. The minimum absolute atomic E-state index is 0. The van der Waals surface area contributed by atoms with Crippen molar-refractivity contribution in [3.8, 4) is 11.3 Å². The molecule has 2 aromatic carbocycles. The zero-order valence-electron chi connectivity index (χ0n) is 28.1. The van der Waals surface area contributed by atoms with Crippen molar-refractivity contribution in [2.24, 2.45) is 11.8 Å². The van der Waals surface area contributed by atoms with Crippen molar-refractivity contribution in [2.75, 3.05) is 0 Å². The van der Waals surface area contributed by atoms with Crippen LogP contribution in [0.25, 0.3) is 44.1 Å². The minimum Gasteiger partial charge on any atom is -0.512 e. The number of allylic oxidation sites excluding steroid dienone is 2. The summed E-state index contributed by atoms with van der Waals surface area (Å²) in [5, 5.41) is 14.3. The maximum absolute atomic E-state index is 11.7. The first kappa shape index (κ1) is 35.5. The topological polar surface area (TPSA) is 76.2 Å². The zero-order valence-corrected chi connectivity index (χ0v) is 30.5. The molecule has 1 fully saturated rings. The number of carbonyl (C=O) groups excluding carboxylic acids is 1. The summed E-state index contributed by atoms with van der Waals surface area (Å²) in [5.41, 5.74) is 6.81. The van der Waals surface area contributed by atoms with Crippen LogP contribution in [0.4, 0.5) is 0 Å². The second-order valence-corrected chi connectivity index (χ2v) is 12.6. The third-order valence-electron chi connectivity index (χ3n) is 9.58. The van der Waals surface area contributed by atoms with E-state index in [9.17, 15) is 9.90 Å². The van der Waals surface area contributed by atoms with Crippen molar-refractivity contribution in [3.63, 3.8) is 0 Å². The number of aromatic nitrogens is 2. The summed E-state index contributed by atoms with van der Waals surface area (Å²) >= 11 is 0. The molecule has 1 radical (unpaired) electrons. The normalized spacial score (nSPS) is 13.9. The van der Waals surface area contributed by atoms with Crippen LogP contribution >= 0.6 is 0 Å². The average molecular weight is 796 g/mol. The Morgan fingerprint density at radius 1 is 0.935 bits per heavy atom. The number of ketones is 1. The fourth-order valence-electron chi connectivity index (χ4n) is 6.78. The molecular weight excluding hydrogens is 749 g/mol. The molecule has 0 aliphatic heterocycles. The molecule has 1 N–H and O–H groups in total. The van der Waals surface area contributed by atoms with Crippen LogP contribution in [0.5, 0.6) is 0 Å². The monoisotopic (exact) mass is 796 g/mol. The Bertz CT molecular complexity index is 1830. The number of hydrogen-bond donors (Lipinski definition) is 1. The molecule has 6 heteroatoms. The van der Waals surface area contributed by atoms with Crippen LogP contribution in [0, 0.1) is 31.7 Å². The number of nitrogens with zero attached hydrogens (tertiary/aromatic N) is 2. The first-order chi connectivity index (χ1) is 21.8. The Hall–Kier alpha value is -3.34. The molecule has 6 rings (SSSR count). The Morgan fingerprint density at radius 3 is 2.28 bits per heavy atom. The molecule has 3 aromatic heterocycles. The predicted octanol–water partition coefficient (Wildman–Crippen LogP) is 11.1. The van der Waals surface area contributed by atoms with E-state index in [1.54, 1.807) is 0 Å². The van der Waals surface area contributed by atoms with Gasteiger partial charge in [0.2, 0.25) is 5.71 Å². The van der Waals surface area contributed by atoms with E-state index in [0.717, 1.165) is 69.9 Å². The van der Waals surface area contributed by atoms with Crippen LogP contribution in [0.3, 0.4) is 0 Å². The van der Waals surface area contributed by atoms with Crippen LogP contribution in [0.1, 0.15) is 102 Å². The molecule has 0 amide bonds. The molecule has 1 aliphatic carbocycles. The molecule has 0 atom stereocenters. The van der Waals surface area contributed by atoms with Gasteiger partial charge in [-0.2, -0.15) is 0 Å². The number of carbonyl (C=O) groups is 1. The van der Waals surface area contributed by atoms with Gasteiger partial charge in [-0.1, -0.05) is 76.6 Å². The first-order valence-corrected chi connectivity index (χ1v) is 16.8. The van der Waals surface area contributed by atoms with E-state index in [1.165, 1.54) is 42.7 Å². The molecule has 0 spiro atoms. The maximum atomic E-state index is 11.7. The number of benzene rings is 2. The van der Waals surface area contributed by atoms with Crippen molar-refractivity contribution >= 4 is 38.6 Å². The fourth-order valence-corrected chi connectivity index (χ4v) is 6.78. The summed E-state index contributed by atoms with van der Waals surface area (Å²) in [4.78, 5) is 21.1. The summed E-state index contributed by atoms with van der Waals surface area (Å²) in [6.45, 7) is 12.1. The van der Waals surface area contributed by atoms with Crippen molar-refractivity contribution in [2.45, 2.75) is 98.8 Å². The van der Waals surface area contributed by atoms with Crippen LogP contribution in [0.2, 0.25) is 0 Å². The van der Waals surface area contributed by atoms with E-state index in [4.69, 9.17) is 9.40 Å². The zero-order chi connectivity index (χ0) is 32.1. The average Bonchev–Trinajstić information content (AvgIpc) is 3.70. The van der Waals surface area contributed by atoms with Gasteiger partial charge in [-0.05, 0) is 91.6 Å². The molecule has 1 aliphatic rings. The Balaban J connectivity index is 0.000000259. The Labute approximate surface area is 287 Å². The molecule has 3 heterocycles. The number of aliphatic hydroxyl groups excluding tert-OH is 1. The standard InChI is InChI=1S/C27H23N2O.C13H24O2.Ir/c1-16-13-23-22-9-7-17(2)29-27(22)30-26(23)24(14-16)25-21-10-8-19(18-5-3-4-6-18)15-20(21)11-12-28-25;1-5-10(6-2)12(14)9-13(15)11(7-3)8-4;/h7-13,15,18H,3-6H2,1-2H3;9-11,14H,5-8H2,1-4H3;/q-1;;/b;12-9-;. The number of pyridine rings is 2. The van der Waals surface area contributed by atoms with E-state index in [-0.39, 0.29) is 43.5 Å². The summed E-state index contributed by atoms with van der Waals surface area (Å²) in [6.07, 6.45) is 12.1. The number of aryl methyl sites for hydroxylation is 2. The molecule has 0 bridgehead atoms. The molecule has 245 valence electrons. The van der Waals surface area contributed by atoms with Gasteiger partial charge in [0.1, 0.15) is 0 Å². The molecule has 1 saturated carbocycles. The second kappa shape index (κ2) is 16.0. The van der Waals surface area contributed by atoms with Gasteiger partial charge in [0.25, 0.3) is 0 Å². The summed E-state index contributed by atoms with van der Waals surface area (Å²) in [6, 6.07) is 18.8. The fraction of sp³-hybridized carbons (Fsp3) is 0.425. The number of furan rings is 1. The summed E-state index contributed by atoms with van der Waals surface area (Å²) in [7, 11) is 0. The van der Waals surface area contributed by atoms with E-state index in [0.29, 0.717) is 11.6 Å². The Kier molecular flexibility index (Phi) is 12.3. The van der Waals surface area contributed by atoms with Gasteiger partial charge in [0, 0.05) is 55.3 Å². The van der Waals surface area contributed by atoms with Gasteiger partial charge >= 0.3 is 0 Å². The second-order valence-electron chi connectivity index (χ2n) is 12.6. The number of fused-ring (bicyclic) bond motifs is 4. The van der Waals surface area contributed by atoms with Crippen molar-refractivity contribution in [1.82, 2.24) is 9.97 Å². The molecule has 5 nitrogen and oxygen atoms in total. The molecule has 0 unspecified atom stereocenters. The largest absolute Gasteiger partial charge is 0.512 e. The van der Waals surface area contributed by atoms with Gasteiger partial charge < -0.3 is 14.5 Å². The molecular formula is C40H47IrN2O3-. The van der Waals surface area contributed by atoms with Crippen LogP contribution in [-0.2, 0) is 24.9 Å².